The number of nitrogens with zero attached hydrogens (tertiary/aromatic N) is 1. The number of Topliss-reactive ketones (excluding diaryl/α,β-unsaturated/α-hetero) is 1. The summed E-state index contributed by atoms with van der Waals surface area (Å²) < 4.78 is 6.60. The lowest BCUT2D eigenvalue weighted by atomic mass is 9.95. The Morgan fingerprint density at radius 3 is 2.45 bits per heavy atom. The fourth-order valence-electron chi connectivity index (χ4n) is 3.93. The van der Waals surface area contributed by atoms with E-state index in [4.69, 9.17) is 4.74 Å². The minimum atomic E-state index is -0.658. The first-order valence-corrected chi connectivity index (χ1v) is 10.5. The molecular formula is C23H22BrNO4. The van der Waals surface area contributed by atoms with Gasteiger partial charge in [0, 0.05) is 23.2 Å². The third kappa shape index (κ3) is 3.87. The molecule has 2 fully saturated rings. The lowest BCUT2D eigenvalue weighted by Crippen LogP contribution is -2.36. The fraction of sp³-hybridized carbons (Fsp3) is 0.304. The topological polar surface area (TPSA) is 66.8 Å². The van der Waals surface area contributed by atoms with Crippen LogP contribution in [0.4, 0.5) is 0 Å². The largest absolute Gasteiger partial charge is 0.507 e. The molecule has 0 saturated carbocycles. The Hall–Kier alpha value is -2.44. The number of benzene rings is 2. The van der Waals surface area contributed by atoms with Crippen LogP contribution in [0.2, 0.25) is 0 Å². The van der Waals surface area contributed by atoms with Crippen molar-refractivity contribution in [1.82, 2.24) is 4.90 Å². The number of carbonyl (C=O) groups is 2. The number of amides is 1. The van der Waals surface area contributed by atoms with Crippen molar-refractivity contribution in [2.24, 2.45) is 0 Å². The molecule has 0 spiro atoms. The zero-order chi connectivity index (χ0) is 20.5. The molecule has 0 bridgehead atoms. The number of hydrogen-bond donors (Lipinski definition) is 1. The predicted molar refractivity (Wildman–Crippen MR) is 113 cm³/mol. The molecule has 2 atom stereocenters. The van der Waals surface area contributed by atoms with E-state index in [0.29, 0.717) is 18.7 Å². The molecule has 2 aromatic carbocycles. The third-order valence-corrected chi connectivity index (χ3v) is 6.00. The van der Waals surface area contributed by atoms with Crippen LogP contribution in [0.15, 0.2) is 58.6 Å². The van der Waals surface area contributed by atoms with Crippen molar-refractivity contribution < 1.29 is 19.4 Å². The van der Waals surface area contributed by atoms with Gasteiger partial charge in [0.25, 0.3) is 11.7 Å². The van der Waals surface area contributed by atoms with Gasteiger partial charge in [0.1, 0.15) is 5.76 Å². The first-order valence-electron chi connectivity index (χ1n) is 9.68. The van der Waals surface area contributed by atoms with E-state index in [9.17, 15) is 14.7 Å². The molecule has 0 aromatic heterocycles. The van der Waals surface area contributed by atoms with Crippen LogP contribution in [0.3, 0.4) is 0 Å². The van der Waals surface area contributed by atoms with E-state index in [1.54, 1.807) is 17.0 Å². The average Bonchev–Trinajstić information content (AvgIpc) is 3.31. The Labute approximate surface area is 178 Å². The lowest BCUT2D eigenvalue weighted by molar-refractivity contribution is -0.140. The highest BCUT2D eigenvalue weighted by molar-refractivity contribution is 9.10. The Morgan fingerprint density at radius 1 is 1.14 bits per heavy atom. The summed E-state index contributed by atoms with van der Waals surface area (Å²) >= 11 is 3.42. The molecule has 4 rings (SSSR count). The first kappa shape index (κ1) is 19.9. The summed E-state index contributed by atoms with van der Waals surface area (Å²) in [6.45, 7) is 2.95. The molecular weight excluding hydrogens is 434 g/mol. The number of rotatable bonds is 4. The van der Waals surface area contributed by atoms with Crippen LogP contribution in [0.1, 0.15) is 35.6 Å². The van der Waals surface area contributed by atoms with Gasteiger partial charge in [0.2, 0.25) is 0 Å². The smallest absolute Gasteiger partial charge is 0.295 e. The zero-order valence-corrected chi connectivity index (χ0v) is 17.7. The van der Waals surface area contributed by atoms with Gasteiger partial charge in [-0.2, -0.15) is 0 Å². The van der Waals surface area contributed by atoms with E-state index in [1.165, 1.54) is 0 Å². The van der Waals surface area contributed by atoms with Crippen molar-refractivity contribution in [2.45, 2.75) is 31.9 Å². The molecule has 2 aromatic rings. The van der Waals surface area contributed by atoms with E-state index in [0.717, 1.165) is 28.4 Å². The predicted octanol–water partition coefficient (Wildman–Crippen LogP) is 4.36. The van der Waals surface area contributed by atoms with Gasteiger partial charge in [-0.1, -0.05) is 57.9 Å². The molecule has 6 heteroatoms. The van der Waals surface area contributed by atoms with Crippen molar-refractivity contribution in [1.29, 1.82) is 0 Å². The second-order valence-electron chi connectivity index (χ2n) is 7.50. The molecule has 1 N–H and O–H groups in total. The van der Waals surface area contributed by atoms with Crippen molar-refractivity contribution in [3.05, 3.63) is 75.3 Å². The van der Waals surface area contributed by atoms with Crippen LogP contribution < -0.4 is 0 Å². The number of hydrogen-bond acceptors (Lipinski definition) is 4. The van der Waals surface area contributed by atoms with E-state index in [2.05, 4.69) is 15.9 Å². The summed E-state index contributed by atoms with van der Waals surface area (Å²) in [4.78, 5) is 27.4. The average molecular weight is 456 g/mol. The van der Waals surface area contributed by atoms with Gasteiger partial charge >= 0.3 is 0 Å². The van der Waals surface area contributed by atoms with Gasteiger partial charge in [-0.15, -0.1) is 0 Å². The molecule has 0 unspecified atom stereocenters. The van der Waals surface area contributed by atoms with Gasteiger partial charge in [0.05, 0.1) is 17.7 Å². The Bertz CT molecular complexity index is 959. The third-order valence-electron chi connectivity index (χ3n) is 5.48. The highest BCUT2D eigenvalue weighted by Gasteiger charge is 2.47. The van der Waals surface area contributed by atoms with Gasteiger partial charge in [-0.25, -0.2) is 0 Å². The number of likely N-dealkylation sites (tertiary alicyclic amines) is 1. The van der Waals surface area contributed by atoms with Gasteiger partial charge in [-0.05, 0) is 37.5 Å². The molecule has 1 amide bonds. The summed E-state index contributed by atoms with van der Waals surface area (Å²) in [6, 6.07) is 14.1. The minimum Gasteiger partial charge on any atom is -0.507 e. The van der Waals surface area contributed by atoms with Crippen molar-refractivity contribution in [3.8, 4) is 0 Å². The van der Waals surface area contributed by atoms with E-state index >= 15 is 0 Å². The number of carbonyl (C=O) groups excluding carboxylic acids is 2. The lowest BCUT2D eigenvalue weighted by Gasteiger charge is -2.27. The van der Waals surface area contributed by atoms with Gasteiger partial charge in [0.15, 0.2) is 0 Å². The van der Waals surface area contributed by atoms with Crippen LogP contribution in [0, 0.1) is 6.92 Å². The molecule has 5 nitrogen and oxygen atoms in total. The number of aliphatic hydroxyl groups excluding tert-OH is 1. The maximum Gasteiger partial charge on any atom is 0.295 e. The van der Waals surface area contributed by atoms with Crippen molar-refractivity contribution in [2.75, 3.05) is 13.2 Å². The maximum absolute atomic E-state index is 13.0. The fourth-order valence-corrected chi connectivity index (χ4v) is 4.20. The number of aliphatic hydroxyl groups is 1. The van der Waals surface area contributed by atoms with E-state index < -0.39 is 17.7 Å². The summed E-state index contributed by atoms with van der Waals surface area (Å²) in [6.07, 6.45) is 1.71. The molecule has 0 aliphatic carbocycles. The van der Waals surface area contributed by atoms with Crippen molar-refractivity contribution in [3.63, 3.8) is 0 Å². The highest BCUT2D eigenvalue weighted by atomic mass is 79.9. The van der Waals surface area contributed by atoms with Crippen LogP contribution in [-0.2, 0) is 14.3 Å². The standard InChI is InChI=1S/C23H22BrNO4/c1-14-4-6-16(7-5-14)21(26)19-20(15-8-10-17(24)11-9-15)25(23(28)22(19)27)13-18-3-2-12-29-18/h4-11,18,20,26H,2-3,12-13H2,1H3/t18-,20+/m1/s1. The van der Waals surface area contributed by atoms with E-state index in [1.807, 2.05) is 43.3 Å². The van der Waals surface area contributed by atoms with Crippen LogP contribution in [0.25, 0.3) is 5.76 Å². The number of ether oxygens (including phenoxy) is 1. The van der Waals surface area contributed by atoms with Gasteiger partial charge < -0.3 is 14.7 Å². The minimum absolute atomic E-state index is 0.0921. The molecule has 29 heavy (non-hydrogen) atoms. The van der Waals surface area contributed by atoms with Crippen molar-refractivity contribution >= 4 is 33.4 Å². The summed E-state index contributed by atoms with van der Waals surface area (Å²) in [5, 5.41) is 11.0. The monoisotopic (exact) mass is 455 g/mol. The van der Waals surface area contributed by atoms with Crippen LogP contribution in [-0.4, -0.2) is 41.0 Å². The number of halogens is 1. The SMILES string of the molecule is Cc1ccc(C(O)=C2C(=O)C(=O)N(C[C@H]3CCCO3)[C@H]2c2ccc(Br)cc2)cc1. The summed E-state index contributed by atoms with van der Waals surface area (Å²) in [7, 11) is 0. The highest BCUT2D eigenvalue weighted by Crippen LogP contribution is 2.40. The van der Waals surface area contributed by atoms with Gasteiger partial charge in [-0.3, -0.25) is 9.59 Å². The molecule has 2 aliphatic heterocycles. The number of ketones is 1. The second-order valence-corrected chi connectivity index (χ2v) is 8.42. The quantitative estimate of drug-likeness (QED) is 0.422. The Kier molecular flexibility index (Phi) is 5.56. The normalized spacial score (nSPS) is 23.7. The molecule has 0 radical (unpaired) electrons. The summed E-state index contributed by atoms with van der Waals surface area (Å²) in [5.74, 6) is -1.40. The number of aryl methyl sites for hydroxylation is 1. The van der Waals surface area contributed by atoms with E-state index in [-0.39, 0.29) is 17.4 Å². The second kappa shape index (κ2) is 8.13. The molecule has 2 saturated heterocycles. The molecule has 2 heterocycles. The summed E-state index contributed by atoms with van der Waals surface area (Å²) in [5.41, 5.74) is 2.47. The Morgan fingerprint density at radius 2 is 1.83 bits per heavy atom. The molecule has 150 valence electrons. The zero-order valence-electron chi connectivity index (χ0n) is 16.1. The molecule has 2 aliphatic rings. The van der Waals surface area contributed by atoms with Crippen LogP contribution in [0.5, 0.6) is 0 Å². The first-order chi connectivity index (χ1) is 14.0. The van der Waals surface area contributed by atoms with Crippen LogP contribution >= 0.6 is 15.9 Å². The Balaban J connectivity index is 1.81. The maximum atomic E-state index is 13.0.